The third kappa shape index (κ3) is 4.89. The molecule has 0 spiro atoms. The van der Waals surface area contributed by atoms with Crippen LogP contribution in [0.15, 0.2) is 160 Å². The first-order valence-corrected chi connectivity index (χ1v) is 23.0. The lowest BCUT2D eigenvalue weighted by atomic mass is 9.35. The Morgan fingerprint density at radius 3 is 1.95 bits per heavy atom. The third-order valence-corrected chi connectivity index (χ3v) is 14.6. The summed E-state index contributed by atoms with van der Waals surface area (Å²) in [5, 5.41) is 5.86. The van der Waals surface area contributed by atoms with E-state index in [9.17, 15) is 0 Å². The highest BCUT2D eigenvalue weighted by Crippen LogP contribution is 2.55. The van der Waals surface area contributed by atoms with Gasteiger partial charge in [0.05, 0.1) is 45.1 Å². The normalized spacial score (nSPS) is 14.0. The number of hydrogen-bond donors (Lipinski definition) is 0. The van der Waals surface area contributed by atoms with Gasteiger partial charge >= 0.3 is 0 Å². The summed E-state index contributed by atoms with van der Waals surface area (Å²) >= 11 is 0. The maximum atomic E-state index is 7.36. The van der Waals surface area contributed by atoms with Gasteiger partial charge in [0.1, 0.15) is 11.2 Å². The van der Waals surface area contributed by atoms with E-state index in [4.69, 9.17) is 8.83 Å². The average molecular weight is 840 g/mol. The molecular weight excluding hydrogens is 793 g/mol. The Bertz CT molecular complexity index is 3890. The van der Waals surface area contributed by atoms with E-state index in [1.54, 1.807) is 0 Å². The molecule has 0 amide bonds. The molecule has 0 saturated heterocycles. The van der Waals surface area contributed by atoms with Gasteiger partial charge in [-0.25, -0.2) is 0 Å². The van der Waals surface area contributed by atoms with Crippen molar-refractivity contribution in [2.75, 3.05) is 9.80 Å². The van der Waals surface area contributed by atoms with Crippen molar-refractivity contribution in [2.45, 2.75) is 59.3 Å². The fourth-order valence-corrected chi connectivity index (χ4v) is 11.5. The van der Waals surface area contributed by atoms with Crippen molar-refractivity contribution in [2.24, 2.45) is 0 Å². The molecule has 0 bridgehead atoms. The van der Waals surface area contributed by atoms with Gasteiger partial charge in [-0.15, -0.1) is 0 Å². The van der Waals surface area contributed by atoms with E-state index >= 15 is 0 Å². The molecule has 312 valence electrons. The van der Waals surface area contributed by atoms with E-state index in [-0.39, 0.29) is 17.5 Å². The van der Waals surface area contributed by atoms with Gasteiger partial charge in [-0.2, -0.15) is 0 Å². The number of rotatable bonds is 2. The van der Waals surface area contributed by atoms with Gasteiger partial charge in [0, 0.05) is 38.3 Å². The first-order chi connectivity index (χ1) is 31.4. The Hall–Kier alpha value is -7.44. The van der Waals surface area contributed by atoms with E-state index in [0.29, 0.717) is 0 Å². The quantitative estimate of drug-likeness (QED) is 0.163. The molecule has 0 N–H and O–H groups in total. The molecule has 11 aromatic rings. The SMILES string of the molecule is Cc1cc2c3c(c1)N1c4c(cccc4-n4c5ccc(C(C)(C)C)cc5c5cc(C(C)(C)C)cc1c54)B3c1oc3ccc(-c4ccccc4)cc3c1N2c1cccc2c1oc1ccccc12. The average Bonchev–Trinajstić information content (AvgIpc) is 3.98. The molecule has 6 heteroatoms. The van der Waals surface area contributed by atoms with Gasteiger partial charge in [0.25, 0.3) is 6.71 Å². The molecular formula is C59H46BN3O2. The zero-order chi connectivity index (χ0) is 43.8. The number of para-hydroxylation sites is 3. The number of benzene rings is 8. The topological polar surface area (TPSA) is 37.7 Å². The molecule has 65 heavy (non-hydrogen) atoms. The standard InChI is InChI=1S/C59H46BN3O2/c1-33-27-47-52-48(28-33)63-49-32-37(59(5,6)7)31-41-40-30-36(58(2,3)4)24-25-44(40)61(53(41)49)45-20-14-19-43(55(45)63)60(52)57-54(42-29-35(23-26-51(42)65-57)34-15-9-8-10-16-34)62(47)46-21-13-18-39-38-17-11-12-22-50(38)64-56(39)46/h8-32H,1-7H3. The van der Waals surface area contributed by atoms with Crippen molar-refractivity contribution in [3.05, 3.63) is 168 Å². The number of furan rings is 2. The summed E-state index contributed by atoms with van der Waals surface area (Å²) in [4.78, 5) is 5.07. The van der Waals surface area contributed by atoms with Gasteiger partial charge in [-0.1, -0.05) is 126 Å². The van der Waals surface area contributed by atoms with Crippen LogP contribution >= 0.6 is 0 Å². The summed E-state index contributed by atoms with van der Waals surface area (Å²) in [6.45, 7) is 16.0. The molecule has 0 unspecified atom stereocenters. The Labute approximate surface area is 378 Å². The molecule has 3 aliphatic heterocycles. The lowest BCUT2D eigenvalue weighted by Crippen LogP contribution is -2.61. The van der Waals surface area contributed by atoms with Crippen LogP contribution in [0.4, 0.5) is 34.1 Å². The van der Waals surface area contributed by atoms with Crippen molar-refractivity contribution in [3.63, 3.8) is 0 Å². The maximum absolute atomic E-state index is 7.36. The zero-order valence-electron chi connectivity index (χ0n) is 37.7. The molecule has 3 aliphatic rings. The highest BCUT2D eigenvalue weighted by Gasteiger charge is 2.49. The second-order valence-electron chi connectivity index (χ2n) is 20.6. The summed E-state index contributed by atoms with van der Waals surface area (Å²) in [5.74, 6) is 0. The third-order valence-electron chi connectivity index (χ3n) is 14.6. The van der Waals surface area contributed by atoms with Crippen molar-refractivity contribution in [1.82, 2.24) is 4.57 Å². The molecule has 0 aliphatic carbocycles. The minimum atomic E-state index is -0.183. The van der Waals surface area contributed by atoms with Crippen LogP contribution in [-0.2, 0) is 10.8 Å². The Morgan fingerprint density at radius 2 is 1.15 bits per heavy atom. The molecule has 6 heterocycles. The molecule has 0 saturated carbocycles. The van der Waals surface area contributed by atoms with Crippen LogP contribution in [0.25, 0.3) is 71.5 Å². The van der Waals surface area contributed by atoms with Gasteiger partial charge in [-0.05, 0) is 123 Å². The number of nitrogens with zero attached hydrogens (tertiary/aromatic N) is 3. The van der Waals surface area contributed by atoms with Crippen LogP contribution < -0.4 is 26.4 Å². The Balaban J connectivity index is 1.13. The number of anilines is 6. The van der Waals surface area contributed by atoms with E-state index < -0.39 is 0 Å². The van der Waals surface area contributed by atoms with Gasteiger partial charge in [-0.3, -0.25) is 0 Å². The fourth-order valence-electron chi connectivity index (χ4n) is 11.5. The minimum absolute atomic E-state index is 0.00730. The fraction of sp³-hybridized carbons (Fsp3) is 0.153. The summed E-state index contributed by atoms with van der Waals surface area (Å²) in [6, 6.07) is 56.2. The predicted molar refractivity (Wildman–Crippen MR) is 273 cm³/mol. The summed E-state index contributed by atoms with van der Waals surface area (Å²) in [6.07, 6.45) is 0. The number of aromatic nitrogens is 1. The van der Waals surface area contributed by atoms with E-state index in [1.807, 2.05) is 0 Å². The van der Waals surface area contributed by atoms with E-state index in [0.717, 1.165) is 61.2 Å². The van der Waals surface area contributed by atoms with Gasteiger partial charge in [0.2, 0.25) is 0 Å². The second kappa shape index (κ2) is 12.4. The van der Waals surface area contributed by atoms with Crippen LogP contribution in [0.2, 0.25) is 0 Å². The molecule has 3 aromatic heterocycles. The Morgan fingerprint density at radius 1 is 0.462 bits per heavy atom. The van der Waals surface area contributed by atoms with Crippen molar-refractivity contribution < 1.29 is 8.83 Å². The lowest BCUT2D eigenvalue weighted by molar-refractivity contribution is 0.590. The van der Waals surface area contributed by atoms with Crippen LogP contribution in [0.3, 0.4) is 0 Å². The number of hydrogen-bond acceptors (Lipinski definition) is 4. The van der Waals surface area contributed by atoms with Crippen LogP contribution in [0, 0.1) is 6.92 Å². The van der Waals surface area contributed by atoms with Crippen molar-refractivity contribution in [1.29, 1.82) is 0 Å². The zero-order valence-corrected chi connectivity index (χ0v) is 37.7. The van der Waals surface area contributed by atoms with Crippen molar-refractivity contribution >= 4 is 112 Å². The van der Waals surface area contributed by atoms with E-state index in [1.165, 1.54) is 77.7 Å². The highest BCUT2D eigenvalue weighted by molar-refractivity contribution is 7.00. The monoisotopic (exact) mass is 839 g/mol. The van der Waals surface area contributed by atoms with Crippen LogP contribution in [0.5, 0.6) is 0 Å². The maximum Gasteiger partial charge on any atom is 0.297 e. The van der Waals surface area contributed by atoms with Gasteiger partial charge in [0.15, 0.2) is 5.58 Å². The van der Waals surface area contributed by atoms with E-state index in [2.05, 4.69) is 214 Å². The highest BCUT2D eigenvalue weighted by atomic mass is 16.3. The second-order valence-corrected chi connectivity index (χ2v) is 20.6. The molecule has 0 atom stereocenters. The lowest BCUT2D eigenvalue weighted by Gasteiger charge is -2.45. The molecule has 0 radical (unpaired) electrons. The van der Waals surface area contributed by atoms with Crippen molar-refractivity contribution in [3.8, 4) is 16.8 Å². The van der Waals surface area contributed by atoms with Crippen LogP contribution in [0.1, 0.15) is 58.2 Å². The summed E-state index contributed by atoms with van der Waals surface area (Å²) in [5.41, 5.74) is 22.5. The number of fused-ring (bicyclic) bond motifs is 14. The number of aryl methyl sites for hydroxylation is 1. The summed E-state index contributed by atoms with van der Waals surface area (Å²) < 4.78 is 16.8. The molecule has 8 aromatic carbocycles. The first kappa shape index (κ1) is 37.0. The minimum Gasteiger partial charge on any atom is -0.468 e. The Kier molecular flexibility index (Phi) is 7.07. The summed E-state index contributed by atoms with van der Waals surface area (Å²) in [7, 11) is 0. The molecule has 14 rings (SSSR count). The van der Waals surface area contributed by atoms with Gasteiger partial charge < -0.3 is 23.2 Å². The smallest absolute Gasteiger partial charge is 0.297 e. The predicted octanol–water partition coefficient (Wildman–Crippen LogP) is 14.4. The molecule has 0 fully saturated rings. The van der Waals surface area contributed by atoms with Crippen LogP contribution in [-0.4, -0.2) is 11.3 Å². The first-order valence-electron chi connectivity index (χ1n) is 23.0. The molecule has 5 nitrogen and oxygen atoms in total. The largest absolute Gasteiger partial charge is 0.468 e.